The molecule has 9 nitrogen and oxygen atoms in total. The molecular formula is C25H25N3O6S. The first-order chi connectivity index (χ1) is 16.7. The van der Waals surface area contributed by atoms with E-state index in [4.69, 9.17) is 9.15 Å². The quantitative estimate of drug-likeness (QED) is 0.465. The largest absolute Gasteiger partial charge is 0.467 e. The average molecular weight is 496 g/mol. The van der Waals surface area contributed by atoms with Crippen LogP contribution in [0.25, 0.3) is 0 Å². The molecule has 1 unspecified atom stereocenters. The summed E-state index contributed by atoms with van der Waals surface area (Å²) in [7, 11) is -0.925. The van der Waals surface area contributed by atoms with Gasteiger partial charge in [-0.15, -0.1) is 0 Å². The zero-order chi connectivity index (χ0) is 25.2. The van der Waals surface area contributed by atoms with Crippen molar-refractivity contribution in [3.63, 3.8) is 0 Å². The Hall–Kier alpha value is -3.76. The Morgan fingerprint density at radius 1 is 1.11 bits per heavy atom. The van der Waals surface area contributed by atoms with Crippen molar-refractivity contribution in [1.29, 1.82) is 0 Å². The molecule has 2 heterocycles. The predicted molar refractivity (Wildman–Crippen MR) is 128 cm³/mol. The molecule has 3 aromatic rings. The molecule has 0 radical (unpaired) electrons. The number of aryl methyl sites for hydroxylation is 1. The number of carbonyl (C=O) groups excluding carboxylic acids is 2. The highest BCUT2D eigenvalue weighted by Gasteiger charge is 2.35. The lowest BCUT2D eigenvalue weighted by molar-refractivity contribution is -0.136. The van der Waals surface area contributed by atoms with E-state index in [0.717, 1.165) is 15.4 Å². The fourth-order valence-corrected chi connectivity index (χ4v) is 4.58. The number of nitrogens with zero attached hydrogens (tertiary/aromatic N) is 3. The molecule has 0 spiro atoms. The van der Waals surface area contributed by atoms with Crippen molar-refractivity contribution in [3.05, 3.63) is 89.4 Å². The van der Waals surface area contributed by atoms with Gasteiger partial charge in [-0.25, -0.2) is 22.5 Å². The van der Waals surface area contributed by atoms with E-state index in [0.29, 0.717) is 17.9 Å². The maximum Gasteiger partial charge on any atom is 0.338 e. The number of esters is 1. The van der Waals surface area contributed by atoms with Crippen LogP contribution >= 0.6 is 0 Å². The van der Waals surface area contributed by atoms with E-state index >= 15 is 0 Å². The standard InChI is InChI=1S/C25H25N3O6S/c1-17-9-11-18(12-10-17)21-15-22(23-8-5-13-33-23)28(26-21)24(29)16-34-25(30)19-6-4-7-20(14-19)35(31,32)27(2)3/h4-14,22H,15-16H2,1-3H3. The van der Waals surface area contributed by atoms with Crippen LogP contribution in [-0.4, -0.2) is 56.0 Å². The summed E-state index contributed by atoms with van der Waals surface area (Å²) < 4.78 is 36.5. The minimum Gasteiger partial charge on any atom is -0.467 e. The van der Waals surface area contributed by atoms with Crippen LogP contribution in [0.15, 0.2) is 81.3 Å². The molecule has 182 valence electrons. The summed E-state index contributed by atoms with van der Waals surface area (Å²) in [5.74, 6) is -0.776. The van der Waals surface area contributed by atoms with E-state index < -0.39 is 34.5 Å². The van der Waals surface area contributed by atoms with Crippen LogP contribution in [0.4, 0.5) is 0 Å². The highest BCUT2D eigenvalue weighted by Crippen LogP contribution is 2.33. The lowest BCUT2D eigenvalue weighted by Crippen LogP contribution is -2.31. The monoisotopic (exact) mass is 495 g/mol. The summed E-state index contributed by atoms with van der Waals surface area (Å²) in [6.45, 7) is 1.42. The molecule has 1 amide bonds. The molecule has 0 saturated heterocycles. The highest BCUT2D eigenvalue weighted by molar-refractivity contribution is 7.89. The van der Waals surface area contributed by atoms with Gasteiger partial charge in [-0.3, -0.25) is 4.79 Å². The van der Waals surface area contributed by atoms with Gasteiger partial charge in [-0.05, 0) is 42.8 Å². The molecule has 0 aliphatic carbocycles. The first-order valence-electron chi connectivity index (χ1n) is 10.9. The second-order valence-electron chi connectivity index (χ2n) is 8.28. The van der Waals surface area contributed by atoms with Gasteiger partial charge < -0.3 is 9.15 Å². The molecule has 0 N–H and O–H groups in total. The van der Waals surface area contributed by atoms with E-state index in [-0.39, 0.29) is 10.5 Å². The molecule has 1 aliphatic rings. The second-order valence-corrected chi connectivity index (χ2v) is 10.4. The van der Waals surface area contributed by atoms with Crippen molar-refractivity contribution in [2.45, 2.75) is 24.3 Å². The van der Waals surface area contributed by atoms with Gasteiger partial charge in [0.25, 0.3) is 5.91 Å². The van der Waals surface area contributed by atoms with Crippen LogP contribution in [0.1, 0.15) is 39.7 Å². The summed E-state index contributed by atoms with van der Waals surface area (Å²) in [6.07, 6.45) is 1.97. The van der Waals surface area contributed by atoms with Gasteiger partial charge in [-0.2, -0.15) is 5.10 Å². The molecule has 10 heteroatoms. The molecule has 0 bridgehead atoms. The van der Waals surface area contributed by atoms with Crippen molar-refractivity contribution >= 4 is 27.6 Å². The Kier molecular flexibility index (Phi) is 6.86. The number of furan rings is 1. The summed E-state index contributed by atoms with van der Waals surface area (Å²) in [5.41, 5.74) is 2.73. The van der Waals surface area contributed by atoms with E-state index in [1.807, 2.05) is 31.2 Å². The molecule has 0 fully saturated rings. The summed E-state index contributed by atoms with van der Waals surface area (Å²) in [5, 5.41) is 5.78. The van der Waals surface area contributed by atoms with Crippen molar-refractivity contribution in [2.75, 3.05) is 20.7 Å². The maximum atomic E-state index is 13.0. The number of benzene rings is 2. The van der Waals surface area contributed by atoms with Crippen LogP contribution in [-0.2, 0) is 19.6 Å². The minimum atomic E-state index is -3.72. The Labute approximate surface area is 203 Å². The smallest absolute Gasteiger partial charge is 0.338 e. The van der Waals surface area contributed by atoms with Crippen molar-refractivity contribution in [1.82, 2.24) is 9.31 Å². The van der Waals surface area contributed by atoms with Gasteiger partial charge in [0.1, 0.15) is 11.8 Å². The summed E-state index contributed by atoms with van der Waals surface area (Å²) in [6, 6.07) is 16.3. The fourth-order valence-electron chi connectivity index (χ4n) is 3.63. The number of amides is 1. The number of hydrogen-bond acceptors (Lipinski definition) is 7. The number of hydrogen-bond donors (Lipinski definition) is 0. The zero-order valence-corrected chi connectivity index (χ0v) is 20.4. The second kappa shape index (κ2) is 9.85. The van der Waals surface area contributed by atoms with Gasteiger partial charge in [0.2, 0.25) is 10.0 Å². The number of hydrazone groups is 1. The van der Waals surface area contributed by atoms with Gasteiger partial charge >= 0.3 is 5.97 Å². The third-order valence-corrected chi connectivity index (χ3v) is 7.41. The minimum absolute atomic E-state index is 0.0218. The van der Waals surface area contributed by atoms with Crippen LogP contribution in [0.2, 0.25) is 0 Å². The molecule has 0 saturated carbocycles. The Balaban J connectivity index is 1.50. The van der Waals surface area contributed by atoms with E-state index in [2.05, 4.69) is 5.10 Å². The number of sulfonamides is 1. The van der Waals surface area contributed by atoms with Gasteiger partial charge in [0.05, 0.1) is 22.4 Å². The zero-order valence-electron chi connectivity index (χ0n) is 19.5. The summed E-state index contributed by atoms with van der Waals surface area (Å²) in [4.78, 5) is 25.6. The van der Waals surface area contributed by atoms with Gasteiger partial charge in [-0.1, -0.05) is 35.9 Å². The first kappa shape index (κ1) is 24.4. The van der Waals surface area contributed by atoms with Gasteiger partial charge in [0, 0.05) is 20.5 Å². The van der Waals surface area contributed by atoms with Crippen LogP contribution in [0, 0.1) is 6.92 Å². The molecule has 1 aliphatic heterocycles. The van der Waals surface area contributed by atoms with E-state index in [9.17, 15) is 18.0 Å². The topological polar surface area (TPSA) is 109 Å². The average Bonchev–Trinajstić information content (AvgIpc) is 3.53. The van der Waals surface area contributed by atoms with Crippen LogP contribution in [0.3, 0.4) is 0 Å². The normalized spacial score (nSPS) is 15.8. The van der Waals surface area contributed by atoms with Crippen molar-refractivity contribution in [3.8, 4) is 0 Å². The maximum absolute atomic E-state index is 13.0. The fraction of sp³-hybridized carbons (Fsp3) is 0.240. The molecule has 35 heavy (non-hydrogen) atoms. The lowest BCUT2D eigenvalue weighted by Gasteiger charge is -2.19. The molecular weight excluding hydrogens is 470 g/mol. The van der Waals surface area contributed by atoms with E-state index in [1.54, 1.807) is 12.1 Å². The van der Waals surface area contributed by atoms with Crippen LogP contribution < -0.4 is 0 Å². The molecule has 4 rings (SSSR count). The van der Waals surface area contributed by atoms with Gasteiger partial charge in [0.15, 0.2) is 6.61 Å². The molecule has 2 aromatic carbocycles. The number of ether oxygens (including phenoxy) is 1. The third-order valence-electron chi connectivity index (χ3n) is 5.60. The van der Waals surface area contributed by atoms with Crippen molar-refractivity contribution in [2.24, 2.45) is 5.10 Å². The summed E-state index contributed by atoms with van der Waals surface area (Å²) >= 11 is 0. The lowest BCUT2D eigenvalue weighted by atomic mass is 10.0. The van der Waals surface area contributed by atoms with Crippen LogP contribution in [0.5, 0.6) is 0 Å². The molecule has 1 aromatic heterocycles. The number of carbonyl (C=O) groups is 2. The Morgan fingerprint density at radius 3 is 2.51 bits per heavy atom. The Morgan fingerprint density at radius 2 is 1.86 bits per heavy atom. The van der Waals surface area contributed by atoms with Crippen molar-refractivity contribution < 1.29 is 27.2 Å². The highest BCUT2D eigenvalue weighted by atomic mass is 32.2. The van der Waals surface area contributed by atoms with E-state index in [1.165, 1.54) is 49.6 Å². The molecule has 1 atom stereocenters. The Bertz CT molecular complexity index is 1360. The SMILES string of the molecule is Cc1ccc(C2=NN(C(=O)COC(=O)c3cccc(S(=O)(=O)N(C)C)c3)C(c3ccco3)C2)cc1. The first-order valence-corrected chi connectivity index (χ1v) is 12.3. The third kappa shape index (κ3) is 5.18. The number of rotatable bonds is 7. The predicted octanol–water partition coefficient (Wildman–Crippen LogP) is 3.37.